The van der Waals surface area contributed by atoms with E-state index in [2.05, 4.69) is 19.9 Å². The van der Waals surface area contributed by atoms with Gasteiger partial charge in [-0.25, -0.2) is 14.4 Å². The largest absolute Gasteiger partial charge is 0.467 e. The Morgan fingerprint density at radius 1 is 1.04 bits per heavy atom. The van der Waals surface area contributed by atoms with Gasteiger partial charge in [0.2, 0.25) is 0 Å². The quantitative estimate of drug-likeness (QED) is 0.580. The fourth-order valence-corrected chi connectivity index (χ4v) is 2.53. The van der Waals surface area contributed by atoms with Crippen LogP contribution in [0, 0.1) is 5.82 Å². The van der Waals surface area contributed by atoms with Gasteiger partial charge in [-0.3, -0.25) is 9.38 Å². The summed E-state index contributed by atoms with van der Waals surface area (Å²) in [4.78, 5) is 17.2. The van der Waals surface area contributed by atoms with Gasteiger partial charge in [-0.05, 0) is 30.3 Å². The normalized spacial score (nSPS) is 10.9. The summed E-state index contributed by atoms with van der Waals surface area (Å²) in [7, 11) is 1.51. The van der Waals surface area contributed by atoms with E-state index in [4.69, 9.17) is 4.74 Å². The molecule has 0 aliphatic carbocycles. The zero-order chi connectivity index (χ0) is 16.5. The SMILES string of the molecule is COc1nccc(-c2c(-c3ccc(F)cc3)nc3cnccn23)n1. The maximum atomic E-state index is 13.3. The number of benzene rings is 1. The van der Waals surface area contributed by atoms with Gasteiger partial charge in [-0.1, -0.05) is 0 Å². The van der Waals surface area contributed by atoms with Crippen LogP contribution in [0.25, 0.3) is 28.3 Å². The molecule has 0 amide bonds. The molecule has 4 rings (SSSR count). The highest BCUT2D eigenvalue weighted by molar-refractivity contribution is 5.80. The Morgan fingerprint density at radius 2 is 1.88 bits per heavy atom. The lowest BCUT2D eigenvalue weighted by molar-refractivity contribution is 0.380. The van der Waals surface area contributed by atoms with Crippen LogP contribution in [0.15, 0.2) is 55.1 Å². The summed E-state index contributed by atoms with van der Waals surface area (Å²) in [5, 5.41) is 0. The molecule has 0 fully saturated rings. The van der Waals surface area contributed by atoms with E-state index in [-0.39, 0.29) is 11.8 Å². The first-order valence-corrected chi connectivity index (χ1v) is 7.21. The lowest BCUT2D eigenvalue weighted by Gasteiger charge is -2.06. The molecular formula is C17H12FN5O. The van der Waals surface area contributed by atoms with Gasteiger partial charge in [-0.15, -0.1) is 0 Å². The van der Waals surface area contributed by atoms with Crippen molar-refractivity contribution in [3.05, 3.63) is 60.9 Å². The van der Waals surface area contributed by atoms with E-state index < -0.39 is 0 Å². The number of imidazole rings is 1. The Labute approximate surface area is 136 Å². The highest BCUT2D eigenvalue weighted by atomic mass is 19.1. The highest BCUT2D eigenvalue weighted by Gasteiger charge is 2.17. The third-order valence-corrected chi connectivity index (χ3v) is 3.61. The monoisotopic (exact) mass is 321 g/mol. The van der Waals surface area contributed by atoms with Crippen molar-refractivity contribution in [3.8, 4) is 28.7 Å². The summed E-state index contributed by atoms with van der Waals surface area (Å²) in [6, 6.07) is 8.23. The molecular weight excluding hydrogens is 309 g/mol. The lowest BCUT2D eigenvalue weighted by atomic mass is 10.1. The average Bonchev–Trinajstić information content (AvgIpc) is 3.02. The summed E-state index contributed by atoms with van der Waals surface area (Å²) >= 11 is 0. The maximum Gasteiger partial charge on any atom is 0.316 e. The van der Waals surface area contributed by atoms with Crippen LogP contribution in [-0.4, -0.2) is 31.4 Å². The van der Waals surface area contributed by atoms with Crippen molar-refractivity contribution in [2.75, 3.05) is 7.11 Å². The second-order valence-corrected chi connectivity index (χ2v) is 5.05. The van der Waals surface area contributed by atoms with Crippen molar-refractivity contribution in [1.29, 1.82) is 0 Å². The number of hydrogen-bond donors (Lipinski definition) is 0. The van der Waals surface area contributed by atoms with Gasteiger partial charge in [0.05, 0.1) is 30.4 Å². The minimum atomic E-state index is -0.297. The number of aromatic nitrogens is 5. The van der Waals surface area contributed by atoms with Crippen LogP contribution < -0.4 is 4.74 Å². The Bertz CT molecular complexity index is 1010. The van der Waals surface area contributed by atoms with Crippen LogP contribution in [-0.2, 0) is 0 Å². The molecule has 24 heavy (non-hydrogen) atoms. The molecule has 0 N–H and O–H groups in total. The smallest absolute Gasteiger partial charge is 0.316 e. The van der Waals surface area contributed by atoms with Gasteiger partial charge in [-0.2, -0.15) is 4.98 Å². The second-order valence-electron chi connectivity index (χ2n) is 5.05. The first kappa shape index (κ1) is 14.3. The third-order valence-electron chi connectivity index (χ3n) is 3.61. The topological polar surface area (TPSA) is 65.2 Å². The van der Waals surface area contributed by atoms with E-state index in [0.29, 0.717) is 17.0 Å². The molecule has 118 valence electrons. The molecule has 0 aliphatic rings. The zero-order valence-corrected chi connectivity index (χ0v) is 12.7. The predicted octanol–water partition coefficient (Wildman–Crippen LogP) is 3.00. The number of rotatable bonds is 3. The van der Waals surface area contributed by atoms with E-state index in [1.54, 1.807) is 43.0 Å². The molecule has 0 aliphatic heterocycles. The molecule has 0 saturated heterocycles. The van der Waals surface area contributed by atoms with Crippen molar-refractivity contribution in [1.82, 2.24) is 24.3 Å². The molecule has 3 heterocycles. The molecule has 0 spiro atoms. The van der Waals surface area contributed by atoms with Crippen LogP contribution in [0.2, 0.25) is 0 Å². The first-order valence-electron chi connectivity index (χ1n) is 7.21. The second kappa shape index (κ2) is 5.69. The van der Waals surface area contributed by atoms with Crippen molar-refractivity contribution in [2.24, 2.45) is 0 Å². The van der Waals surface area contributed by atoms with Gasteiger partial charge in [0.15, 0.2) is 5.65 Å². The van der Waals surface area contributed by atoms with Gasteiger partial charge < -0.3 is 4.74 Å². The highest BCUT2D eigenvalue weighted by Crippen LogP contribution is 2.31. The van der Waals surface area contributed by atoms with Crippen LogP contribution in [0.5, 0.6) is 6.01 Å². The Kier molecular flexibility index (Phi) is 3.38. The van der Waals surface area contributed by atoms with Crippen molar-refractivity contribution in [3.63, 3.8) is 0 Å². The summed E-state index contributed by atoms with van der Waals surface area (Å²) in [6.45, 7) is 0. The van der Waals surface area contributed by atoms with E-state index in [1.807, 2.05) is 4.40 Å². The maximum absolute atomic E-state index is 13.3. The molecule has 7 heteroatoms. The number of nitrogens with zero attached hydrogens (tertiary/aromatic N) is 5. The molecule has 4 aromatic rings. The Hall–Kier alpha value is -3.35. The molecule has 6 nitrogen and oxygen atoms in total. The fourth-order valence-electron chi connectivity index (χ4n) is 2.53. The molecule has 0 bridgehead atoms. The molecule has 0 unspecified atom stereocenters. The van der Waals surface area contributed by atoms with Gasteiger partial charge in [0.1, 0.15) is 5.82 Å². The van der Waals surface area contributed by atoms with E-state index in [1.165, 1.54) is 19.2 Å². The average molecular weight is 321 g/mol. The molecule has 0 radical (unpaired) electrons. The number of ether oxygens (including phenoxy) is 1. The summed E-state index contributed by atoms with van der Waals surface area (Å²) in [6.07, 6.45) is 6.76. The zero-order valence-electron chi connectivity index (χ0n) is 12.7. The van der Waals surface area contributed by atoms with Crippen LogP contribution >= 0.6 is 0 Å². The molecule has 3 aromatic heterocycles. The first-order chi connectivity index (χ1) is 11.8. The standard InChI is InChI=1S/C17H12FN5O/c1-24-17-20-7-6-13(21-17)16-15(11-2-4-12(18)5-3-11)22-14-10-19-8-9-23(14)16/h2-10H,1H3. The summed E-state index contributed by atoms with van der Waals surface area (Å²) < 4.78 is 20.3. The van der Waals surface area contributed by atoms with Gasteiger partial charge in [0.25, 0.3) is 0 Å². The predicted molar refractivity (Wildman–Crippen MR) is 86.0 cm³/mol. The fraction of sp³-hybridized carbons (Fsp3) is 0.0588. The molecule has 0 saturated carbocycles. The molecule has 1 aromatic carbocycles. The van der Waals surface area contributed by atoms with E-state index >= 15 is 0 Å². The van der Waals surface area contributed by atoms with Gasteiger partial charge in [0, 0.05) is 24.2 Å². The van der Waals surface area contributed by atoms with Crippen molar-refractivity contribution < 1.29 is 9.13 Å². The summed E-state index contributed by atoms with van der Waals surface area (Å²) in [5.74, 6) is -0.297. The summed E-state index contributed by atoms with van der Waals surface area (Å²) in [5.41, 5.74) is 3.56. The third kappa shape index (κ3) is 2.36. The number of fused-ring (bicyclic) bond motifs is 1. The van der Waals surface area contributed by atoms with Gasteiger partial charge >= 0.3 is 6.01 Å². The lowest BCUT2D eigenvalue weighted by Crippen LogP contribution is -1.96. The minimum absolute atomic E-state index is 0.265. The number of halogens is 1. The Morgan fingerprint density at radius 3 is 2.67 bits per heavy atom. The van der Waals surface area contributed by atoms with Crippen LogP contribution in [0.3, 0.4) is 0 Å². The van der Waals surface area contributed by atoms with E-state index in [0.717, 1.165) is 11.3 Å². The van der Waals surface area contributed by atoms with Crippen LogP contribution in [0.4, 0.5) is 4.39 Å². The Balaban J connectivity index is 2.01. The minimum Gasteiger partial charge on any atom is -0.467 e. The van der Waals surface area contributed by atoms with Crippen LogP contribution in [0.1, 0.15) is 0 Å². The molecule has 0 atom stereocenters. The van der Waals surface area contributed by atoms with Crippen molar-refractivity contribution >= 4 is 5.65 Å². The number of methoxy groups -OCH3 is 1. The number of hydrogen-bond acceptors (Lipinski definition) is 5. The van der Waals surface area contributed by atoms with Crippen molar-refractivity contribution in [2.45, 2.75) is 0 Å². The van der Waals surface area contributed by atoms with E-state index in [9.17, 15) is 4.39 Å².